The van der Waals surface area contributed by atoms with Gasteiger partial charge in [0.15, 0.2) is 0 Å². The molecule has 0 unspecified atom stereocenters. The maximum Gasteiger partial charge on any atom is 0.138 e. The second-order valence-corrected chi connectivity index (χ2v) is 6.05. The molecule has 0 saturated carbocycles. The summed E-state index contributed by atoms with van der Waals surface area (Å²) in [7, 11) is 1.93. The fraction of sp³-hybridized carbons (Fsp3) is 0.357. The van der Waals surface area contributed by atoms with Gasteiger partial charge in [0.05, 0.1) is 11.1 Å². The molecule has 1 N–H and O–H groups in total. The molecular formula is C14H17N5S. The summed E-state index contributed by atoms with van der Waals surface area (Å²) in [5, 5.41) is 8.93. The molecule has 0 saturated heterocycles. The Labute approximate surface area is 121 Å². The van der Waals surface area contributed by atoms with Crippen LogP contribution in [-0.2, 0) is 13.5 Å². The van der Waals surface area contributed by atoms with Crippen molar-refractivity contribution < 1.29 is 0 Å². The number of aryl methyl sites for hydroxylation is 3. The first-order valence-electron chi connectivity index (χ1n) is 6.58. The topological polar surface area (TPSA) is 55.6 Å². The molecule has 0 spiro atoms. The van der Waals surface area contributed by atoms with Crippen LogP contribution in [0.3, 0.4) is 0 Å². The van der Waals surface area contributed by atoms with Crippen LogP contribution in [-0.4, -0.2) is 26.3 Å². The molecule has 0 bridgehead atoms. The minimum absolute atomic E-state index is 0.817. The van der Waals surface area contributed by atoms with E-state index in [1.807, 2.05) is 24.0 Å². The van der Waals surface area contributed by atoms with Crippen LogP contribution >= 0.6 is 11.3 Å². The molecule has 0 aliphatic rings. The lowest BCUT2D eigenvalue weighted by atomic mass is 10.2. The van der Waals surface area contributed by atoms with Crippen LogP contribution in [0.1, 0.15) is 16.1 Å². The van der Waals surface area contributed by atoms with Crippen LogP contribution in [0.5, 0.6) is 0 Å². The summed E-state index contributed by atoms with van der Waals surface area (Å²) >= 11 is 1.72. The van der Waals surface area contributed by atoms with Gasteiger partial charge in [0, 0.05) is 31.1 Å². The third kappa shape index (κ3) is 2.38. The highest BCUT2D eigenvalue weighted by Crippen LogP contribution is 2.32. The zero-order valence-corrected chi connectivity index (χ0v) is 12.7. The van der Waals surface area contributed by atoms with Gasteiger partial charge in [0.25, 0.3) is 0 Å². The van der Waals surface area contributed by atoms with Crippen LogP contribution < -0.4 is 5.32 Å². The molecular weight excluding hydrogens is 270 g/mol. The average Bonchev–Trinajstić information content (AvgIpc) is 2.95. The molecule has 0 aliphatic heterocycles. The predicted octanol–water partition coefficient (Wildman–Crippen LogP) is 2.70. The largest absolute Gasteiger partial charge is 0.369 e. The smallest absolute Gasteiger partial charge is 0.138 e. The van der Waals surface area contributed by atoms with E-state index in [1.165, 1.54) is 10.4 Å². The van der Waals surface area contributed by atoms with Gasteiger partial charge in [-0.15, -0.1) is 11.3 Å². The molecule has 3 heterocycles. The SMILES string of the molecule is Cc1sc2ncnc(NCCc3ccn(C)n3)c2c1C. The van der Waals surface area contributed by atoms with E-state index in [2.05, 4.69) is 34.2 Å². The van der Waals surface area contributed by atoms with Crippen molar-refractivity contribution in [3.05, 3.63) is 34.7 Å². The van der Waals surface area contributed by atoms with Crippen molar-refractivity contribution in [3.63, 3.8) is 0 Å². The second kappa shape index (κ2) is 5.20. The van der Waals surface area contributed by atoms with E-state index in [-0.39, 0.29) is 0 Å². The summed E-state index contributed by atoms with van der Waals surface area (Å²) in [5.41, 5.74) is 2.36. The Morgan fingerprint density at radius 1 is 1.30 bits per heavy atom. The highest BCUT2D eigenvalue weighted by molar-refractivity contribution is 7.18. The van der Waals surface area contributed by atoms with Crippen LogP contribution in [0.15, 0.2) is 18.6 Å². The molecule has 6 heteroatoms. The number of aromatic nitrogens is 4. The maximum atomic E-state index is 4.38. The number of rotatable bonds is 4. The number of thiophene rings is 1. The van der Waals surface area contributed by atoms with Gasteiger partial charge in [-0.25, -0.2) is 9.97 Å². The molecule has 0 amide bonds. The lowest BCUT2D eigenvalue weighted by Crippen LogP contribution is -2.07. The van der Waals surface area contributed by atoms with E-state index in [0.717, 1.165) is 34.7 Å². The van der Waals surface area contributed by atoms with Crippen LogP contribution in [0.25, 0.3) is 10.2 Å². The summed E-state index contributed by atoms with van der Waals surface area (Å²) < 4.78 is 1.82. The molecule has 3 rings (SSSR count). The van der Waals surface area contributed by atoms with Gasteiger partial charge in [-0.05, 0) is 25.5 Å². The Morgan fingerprint density at radius 2 is 2.15 bits per heavy atom. The summed E-state index contributed by atoms with van der Waals surface area (Å²) in [5.74, 6) is 0.924. The molecule has 20 heavy (non-hydrogen) atoms. The number of nitrogens with one attached hydrogen (secondary N) is 1. The van der Waals surface area contributed by atoms with E-state index >= 15 is 0 Å². The Kier molecular flexibility index (Phi) is 3.40. The number of nitrogens with zero attached hydrogens (tertiary/aromatic N) is 4. The normalized spacial score (nSPS) is 11.2. The van der Waals surface area contributed by atoms with Crippen molar-refractivity contribution in [2.24, 2.45) is 7.05 Å². The minimum Gasteiger partial charge on any atom is -0.369 e. The Morgan fingerprint density at radius 3 is 2.90 bits per heavy atom. The van der Waals surface area contributed by atoms with E-state index in [9.17, 15) is 0 Å². The summed E-state index contributed by atoms with van der Waals surface area (Å²) in [6.45, 7) is 5.07. The number of hydrogen-bond acceptors (Lipinski definition) is 5. The summed E-state index contributed by atoms with van der Waals surface area (Å²) in [6, 6.07) is 2.04. The number of hydrogen-bond donors (Lipinski definition) is 1. The lowest BCUT2D eigenvalue weighted by molar-refractivity contribution is 0.742. The molecule has 5 nitrogen and oxygen atoms in total. The first kappa shape index (κ1) is 13.1. The van der Waals surface area contributed by atoms with Crippen molar-refractivity contribution in [2.45, 2.75) is 20.3 Å². The highest BCUT2D eigenvalue weighted by Gasteiger charge is 2.11. The van der Waals surface area contributed by atoms with E-state index in [1.54, 1.807) is 17.7 Å². The quantitative estimate of drug-likeness (QED) is 0.801. The van der Waals surface area contributed by atoms with Gasteiger partial charge < -0.3 is 5.32 Å². The highest BCUT2D eigenvalue weighted by atomic mass is 32.1. The molecule has 3 aromatic rings. The zero-order chi connectivity index (χ0) is 14.1. The fourth-order valence-electron chi connectivity index (χ4n) is 2.22. The third-order valence-corrected chi connectivity index (χ3v) is 4.52. The van der Waals surface area contributed by atoms with E-state index < -0.39 is 0 Å². The molecule has 0 aliphatic carbocycles. The van der Waals surface area contributed by atoms with Crippen LogP contribution in [0, 0.1) is 13.8 Å². The third-order valence-electron chi connectivity index (χ3n) is 3.41. The zero-order valence-electron chi connectivity index (χ0n) is 11.8. The predicted molar refractivity (Wildman–Crippen MR) is 82.3 cm³/mol. The van der Waals surface area contributed by atoms with Gasteiger partial charge in [0.2, 0.25) is 0 Å². The van der Waals surface area contributed by atoms with Gasteiger partial charge >= 0.3 is 0 Å². The van der Waals surface area contributed by atoms with Gasteiger partial charge in [-0.2, -0.15) is 5.10 Å². The van der Waals surface area contributed by atoms with E-state index in [0.29, 0.717) is 0 Å². The molecule has 0 atom stereocenters. The van der Waals surface area contributed by atoms with Crippen molar-refractivity contribution in [2.75, 3.05) is 11.9 Å². The second-order valence-electron chi connectivity index (χ2n) is 4.84. The van der Waals surface area contributed by atoms with Crippen molar-refractivity contribution in [1.29, 1.82) is 0 Å². The first-order chi connectivity index (χ1) is 9.65. The lowest BCUT2D eigenvalue weighted by Gasteiger charge is -2.06. The minimum atomic E-state index is 0.817. The van der Waals surface area contributed by atoms with E-state index in [4.69, 9.17) is 0 Å². The molecule has 3 aromatic heterocycles. The molecule has 0 fully saturated rings. The molecule has 104 valence electrons. The van der Waals surface area contributed by atoms with Crippen molar-refractivity contribution in [1.82, 2.24) is 19.7 Å². The van der Waals surface area contributed by atoms with Gasteiger partial charge in [-0.1, -0.05) is 0 Å². The first-order valence-corrected chi connectivity index (χ1v) is 7.40. The van der Waals surface area contributed by atoms with Crippen molar-refractivity contribution in [3.8, 4) is 0 Å². The number of anilines is 1. The van der Waals surface area contributed by atoms with Crippen LogP contribution in [0.4, 0.5) is 5.82 Å². The summed E-state index contributed by atoms with van der Waals surface area (Å²) in [6.07, 6.45) is 4.47. The number of fused-ring (bicyclic) bond motifs is 1. The standard InChI is InChI=1S/C14H17N5S/c1-9-10(2)20-14-12(9)13(16-8-17-14)15-6-4-11-5-7-19(3)18-11/h5,7-8H,4,6H2,1-3H3,(H,15,16,17). The fourth-order valence-corrected chi connectivity index (χ4v) is 3.22. The Hall–Kier alpha value is -1.95. The van der Waals surface area contributed by atoms with Gasteiger partial charge in [0.1, 0.15) is 17.0 Å². The average molecular weight is 287 g/mol. The Bertz CT molecular complexity index is 743. The molecule has 0 aromatic carbocycles. The van der Waals surface area contributed by atoms with Crippen molar-refractivity contribution >= 4 is 27.4 Å². The molecule has 0 radical (unpaired) electrons. The summed E-state index contributed by atoms with van der Waals surface area (Å²) in [4.78, 5) is 11.1. The maximum absolute atomic E-state index is 4.38. The van der Waals surface area contributed by atoms with Crippen LogP contribution in [0.2, 0.25) is 0 Å². The van der Waals surface area contributed by atoms with Gasteiger partial charge in [-0.3, -0.25) is 4.68 Å². The monoisotopic (exact) mass is 287 g/mol. The Balaban J connectivity index is 1.77.